The lowest BCUT2D eigenvalue weighted by molar-refractivity contribution is 0.171. The van der Waals surface area contributed by atoms with Gasteiger partial charge in [0.25, 0.3) is 0 Å². The van der Waals surface area contributed by atoms with Crippen molar-refractivity contribution in [2.45, 2.75) is 6.04 Å². The highest BCUT2D eigenvalue weighted by Gasteiger charge is 2.22. The molecule has 0 saturated carbocycles. The van der Waals surface area contributed by atoms with Crippen molar-refractivity contribution in [3.05, 3.63) is 40.1 Å². The van der Waals surface area contributed by atoms with Gasteiger partial charge in [-0.1, -0.05) is 0 Å². The predicted molar refractivity (Wildman–Crippen MR) is 76.7 cm³/mol. The lowest BCUT2D eigenvalue weighted by Gasteiger charge is -2.13. The van der Waals surface area contributed by atoms with Crippen LogP contribution in [0.25, 0.3) is 0 Å². The summed E-state index contributed by atoms with van der Waals surface area (Å²) in [5.41, 5.74) is 8.27. The summed E-state index contributed by atoms with van der Waals surface area (Å²) in [6.07, 6.45) is 0. The van der Waals surface area contributed by atoms with Crippen LogP contribution in [0, 0.1) is 0 Å². The number of rotatable bonds is 3. The first-order valence-electron chi connectivity index (χ1n) is 5.55. The van der Waals surface area contributed by atoms with Crippen molar-refractivity contribution in [3.63, 3.8) is 0 Å². The minimum Gasteiger partial charge on any atom is -0.493 e. The molecule has 6 heteroatoms. The number of halogens is 1. The topological polar surface area (TPSA) is 53.7 Å². The zero-order valence-electron chi connectivity index (χ0n) is 10.3. The zero-order chi connectivity index (χ0) is 12.5. The SMILES string of the molecule is COc1cc([C@H](N)c2ccsc2)cc2c1OCO2.Cl. The average molecular weight is 300 g/mol. The fourth-order valence-corrected chi connectivity index (χ4v) is 2.67. The average Bonchev–Trinajstić information content (AvgIpc) is 3.07. The van der Waals surface area contributed by atoms with Gasteiger partial charge in [0.05, 0.1) is 13.2 Å². The molecule has 2 N–H and O–H groups in total. The van der Waals surface area contributed by atoms with Crippen LogP contribution in [0.1, 0.15) is 17.2 Å². The Bertz CT molecular complexity index is 559. The van der Waals surface area contributed by atoms with Crippen molar-refractivity contribution in [1.29, 1.82) is 0 Å². The Kier molecular flexibility index (Phi) is 4.19. The third-order valence-corrected chi connectivity index (χ3v) is 3.64. The Hall–Kier alpha value is -1.43. The molecule has 1 aromatic heterocycles. The molecule has 1 aliphatic rings. The molecule has 0 fully saturated rings. The minimum atomic E-state index is -0.181. The first kappa shape index (κ1) is 14.0. The zero-order valence-corrected chi connectivity index (χ0v) is 11.9. The maximum atomic E-state index is 6.23. The Morgan fingerprint density at radius 3 is 2.84 bits per heavy atom. The highest BCUT2D eigenvalue weighted by atomic mass is 35.5. The summed E-state index contributed by atoms with van der Waals surface area (Å²) in [6, 6.07) is 5.65. The van der Waals surface area contributed by atoms with Crippen LogP contribution in [-0.4, -0.2) is 13.9 Å². The molecular weight excluding hydrogens is 286 g/mol. The van der Waals surface area contributed by atoms with Gasteiger partial charge in [-0.05, 0) is 40.1 Å². The van der Waals surface area contributed by atoms with E-state index in [1.807, 2.05) is 29.0 Å². The molecule has 4 nitrogen and oxygen atoms in total. The molecule has 0 amide bonds. The summed E-state index contributed by atoms with van der Waals surface area (Å²) in [5.74, 6) is 2.00. The number of methoxy groups -OCH3 is 1. The van der Waals surface area contributed by atoms with Crippen LogP contribution in [0.4, 0.5) is 0 Å². The summed E-state index contributed by atoms with van der Waals surface area (Å²) < 4.78 is 16.1. The van der Waals surface area contributed by atoms with Gasteiger partial charge in [0.15, 0.2) is 11.5 Å². The second-order valence-corrected chi connectivity index (χ2v) is 4.77. The van der Waals surface area contributed by atoms with Crippen LogP contribution < -0.4 is 19.9 Å². The molecule has 102 valence electrons. The van der Waals surface area contributed by atoms with E-state index in [1.165, 1.54) is 0 Å². The van der Waals surface area contributed by atoms with Crippen LogP contribution in [-0.2, 0) is 0 Å². The van der Waals surface area contributed by atoms with E-state index in [0.29, 0.717) is 17.2 Å². The number of thiophene rings is 1. The van der Waals surface area contributed by atoms with Crippen LogP contribution in [0.2, 0.25) is 0 Å². The number of nitrogens with two attached hydrogens (primary N) is 1. The normalized spacial score (nSPS) is 13.8. The largest absolute Gasteiger partial charge is 0.493 e. The molecule has 2 aromatic rings. The maximum absolute atomic E-state index is 6.23. The third-order valence-electron chi connectivity index (χ3n) is 2.94. The molecule has 0 unspecified atom stereocenters. The van der Waals surface area contributed by atoms with Gasteiger partial charge in [0.1, 0.15) is 0 Å². The van der Waals surface area contributed by atoms with Gasteiger partial charge < -0.3 is 19.9 Å². The molecule has 0 spiro atoms. The van der Waals surface area contributed by atoms with Gasteiger partial charge in [0.2, 0.25) is 12.5 Å². The molecule has 1 aliphatic heterocycles. The van der Waals surface area contributed by atoms with Crippen LogP contribution >= 0.6 is 23.7 Å². The quantitative estimate of drug-likeness (QED) is 0.947. The van der Waals surface area contributed by atoms with Gasteiger partial charge in [-0.3, -0.25) is 0 Å². The summed E-state index contributed by atoms with van der Waals surface area (Å²) in [5, 5.41) is 4.06. The molecule has 1 atom stereocenters. The summed E-state index contributed by atoms with van der Waals surface area (Å²) >= 11 is 1.63. The third kappa shape index (κ3) is 2.49. The number of fused-ring (bicyclic) bond motifs is 1. The maximum Gasteiger partial charge on any atom is 0.231 e. The monoisotopic (exact) mass is 299 g/mol. The van der Waals surface area contributed by atoms with Gasteiger partial charge in [-0.2, -0.15) is 11.3 Å². The second-order valence-electron chi connectivity index (χ2n) is 3.99. The standard InChI is InChI=1S/C13H13NO3S.ClH/c1-15-10-4-9(5-11-13(10)17-7-16-11)12(14)8-2-3-18-6-8;/h2-6,12H,7,14H2,1H3;1H/t12-;/m1./s1. The Morgan fingerprint density at radius 2 is 2.16 bits per heavy atom. The van der Waals surface area contributed by atoms with Crippen molar-refractivity contribution in [2.24, 2.45) is 5.73 Å². The first-order chi connectivity index (χ1) is 8.79. The van der Waals surface area contributed by atoms with Gasteiger partial charge in [-0.15, -0.1) is 12.4 Å². The van der Waals surface area contributed by atoms with Crippen molar-refractivity contribution >= 4 is 23.7 Å². The minimum absolute atomic E-state index is 0. The lowest BCUT2D eigenvalue weighted by Crippen LogP contribution is -2.11. The summed E-state index contributed by atoms with van der Waals surface area (Å²) in [7, 11) is 1.61. The second kappa shape index (κ2) is 5.69. The molecule has 1 aromatic carbocycles. The van der Waals surface area contributed by atoms with E-state index in [-0.39, 0.29) is 25.2 Å². The highest BCUT2D eigenvalue weighted by Crippen LogP contribution is 2.43. The Morgan fingerprint density at radius 1 is 1.32 bits per heavy atom. The predicted octanol–water partition coefficient (Wildman–Crippen LogP) is 2.96. The van der Waals surface area contributed by atoms with Crippen LogP contribution in [0.5, 0.6) is 17.2 Å². The van der Waals surface area contributed by atoms with E-state index < -0.39 is 0 Å². The van der Waals surface area contributed by atoms with Crippen molar-refractivity contribution in [1.82, 2.24) is 0 Å². The summed E-state index contributed by atoms with van der Waals surface area (Å²) in [6.45, 7) is 0.225. The number of benzene rings is 1. The molecule has 2 heterocycles. The lowest BCUT2D eigenvalue weighted by atomic mass is 10.0. The van der Waals surface area contributed by atoms with Gasteiger partial charge in [0, 0.05) is 0 Å². The van der Waals surface area contributed by atoms with E-state index >= 15 is 0 Å². The number of ether oxygens (including phenoxy) is 3. The van der Waals surface area contributed by atoms with Crippen molar-refractivity contribution < 1.29 is 14.2 Å². The first-order valence-corrected chi connectivity index (χ1v) is 6.49. The molecule has 0 saturated heterocycles. The van der Waals surface area contributed by atoms with E-state index in [1.54, 1.807) is 18.4 Å². The van der Waals surface area contributed by atoms with Gasteiger partial charge in [-0.25, -0.2) is 0 Å². The van der Waals surface area contributed by atoms with E-state index in [0.717, 1.165) is 11.1 Å². The van der Waals surface area contributed by atoms with Crippen LogP contribution in [0.15, 0.2) is 29.0 Å². The van der Waals surface area contributed by atoms with E-state index in [4.69, 9.17) is 19.9 Å². The fourth-order valence-electron chi connectivity index (χ4n) is 1.97. The number of hydrogen-bond acceptors (Lipinski definition) is 5. The molecule has 19 heavy (non-hydrogen) atoms. The number of hydrogen-bond donors (Lipinski definition) is 1. The molecule has 3 rings (SSSR count). The molecule has 0 bridgehead atoms. The Labute approximate surface area is 121 Å². The Balaban J connectivity index is 0.00000133. The molecule has 0 radical (unpaired) electrons. The summed E-state index contributed by atoms with van der Waals surface area (Å²) in [4.78, 5) is 0. The van der Waals surface area contributed by atoms with Gasteiger partial charge >= 0.3 is 0 Å². The molecular formula is C13H14ClNO3S. The highest BCUT2D eigenvalue weighted by molar-refractivity contribution is 7.08. The molecule has 0 aliphatic carbocycles. The van der Waals surface area contributed by atoms with Crippen molar-refractivity contribution in [3.8, 4) is 17.2 Å². The fraction of sp³-hybridized carbons (Fsp3) is 0.231. The van der Waals surface area contributed by atoms with E-state index in [2.05, 4.69) is 0 Å². The van der Waals surface area contributed by atoms with Crippen molar-refractivity contribution in [2.75, 3.05) is 13.9 Å². The smallest absolute Gasteiger partial charge is 0.231 e. The van der Waals surface area contributed by atoms with Crippen LogP contribution in [0.3, 0.4) is 0 Å². The van der Waals surface area contributed by atoms with E-state index in [9.17, 15) is 0 Å².